The Kier molecular flexibility index (Phi) is 6.72. The summed E-state index contributed by atoms with van der Waals surface area (Å²) < 4.78 is 16.0. The molecule has 0 spiro atoms. The first kappa shape index (κ1) is 23.2. The Morgan fingerprint density at radius 2 is 1.76 bits per heavy atom. The minimum absolute atomic E-state index is 0.0143. The van der Waals surface area contributed by atoms with E-state index in [1.165, 1.54) is 12.0 Å². The normalized spacial score (nSPS) is 18.4. The minimum atomic E-state index is -0.875. The first-order valence-corrected chi connectivity index (χ1v) is 10.9. The second-order valence-electron chi connectivity index (χ2n) is 8.04. The molecule has 2 aromatic rings. The lowest BCUT2D eigenvalue weighted by Gasteiger charge is -2.25. The molecule has 9 nitrogen and oxygen atoms in total. The van der Waals surface area contributed by atoms with Crippen LogP contribution in [-0.2, 0) is 14.4 Å². The average Bonchev–Trinajstić information content (AvgIpc) is 3.40. The Morgan fingerprint density at radius 3 is 2.47 bits per heavy atom. The molecule has 0 bridgehead atoms. The van der Waals surface area contributed by atoms with Crippen LogP contribution in [0.3, 0.4) is 0 Å². The van der Waals surface area contributed by atoms with E-state index in [1.807, 2.05) is 0 Å². The molecule has 0 aromatic heterocycles. The maximum atomic E-state index is 13.1. The van der Waals surface area contributed by atoms with Gasteiger partial charge in [-0.25, -0.2) is 0 Å². The topological polar surface area (TPSA) is 123 Å². The summed E-state index contributed by atoms with van der Waals surface area (Å²) in [6.07, 6.45) is 1.62. The molecule has 1 saturated heterocycles. The summed E-state index contributed by atoms with van der Waals surface area (Å²) in [4.78, 5) is 38.3. The molecular weight excluding hydrogens is 442 g/mol. The van der Waals surface area contributed by atoms with Crippen molar-refractivity contribution in [3.63, 3.8) is 0 Å². The Labute approximate surface area is 196 Å². The molecule has 2 aromatic carbocycles. The van der Waals surface area contributed by atoms with Crippen LogP contribution in [0.2, 0.25) is 0 Å². The number of rotatable bonds is 9. The fraction of sp³-hybridized carbons (Fsp3) is 0.320. The summed E-state index contributed by atoms with van der Waals surface area (Å²) >= 11 is 0. The summed E-state index contributed by atoms with van der Waals surface area (Å²) in [7, 11) is 1.52. The quantitative estimate of drug-likeness (QED) is 0.249. The molecule has 1 atom stereocenters. The Hall–Kier alpha value is -4.01. The van der Waals surface area contributed by atoms with Crippen LogP contribution in [0.1, 0.15) is 42.9 Å². The third-order valence-electron chi connectivity index (χ3n) is 5.91. The zero-order chi connectivity index (χ0) is 24.2. The number of aliphatic carboxylic acids is 1. The van der Waals surface area contributed by atoms with E-state index < -0.39 is 23.7 Å². The molecule has 0 aliphatic carbocycles. The molecule has 178 valence electrons. The number of nitrogens with zero attached hydrogens (tertiary/aromatic N) is 1. The molecule has 4 rings (SSSR count). The smallest absolute Gasteiger partial charge is 0.303 e. The number of carbonyl (C=O) groups excluding carboxylic acids is 2. The highest BCUT2D eigenvalue weighted by atomic mass is 16.7. The highest BCUT2D eigenvalue weighted by Gasteiger charge is 2.46. The summed E-state index contributed by atoms with van der Waals surface area (Å²) in [5.41, 5.74) is 0.967. The number of methoxy groups -OCH3 is 1. The van der Waals surface area contributed by atoms with E-state index in [1.54, 1.807) is 42.5 Å². The van der Waals surface area contributed by atoms with E-state index in [4.69, 9.17) is 19.3 Å². The van der Waals surface area contributed by atoms with Crippen LogP contribution in [0.25, 0.3) is 5.76 Å². The third-order valence-corrected chi connectivity index (χ3v) is 5.91. The molecule has 1 fully saturated rings. The molecule has 9 heteroatoms. The van der Waals surface area contributed by atoms with E-state index in [-0.39, 0.29) is 31.1 Å². The number of ether oxygens (including phenoxy) is 3. The highest BCUT2D eigenvalue weighted by molar-refractivity contribution is 6.46. The van der Waals surface area contributed by atoms with Crippen LogP contribution in [0.4, 0.5) is 0 Å². The fourth-order valence-corrected chi connectivity index (χ4v) is 4.18. The number of hydrogen-bond donors (Lipinski definition) is 2. The van der Waals surface area contributed by atoms with Gasteiger partial charge in [-0.2, -0.15) is 0 Å². The molecule has 0 radical (unpaired) electrons. The summed E-state index contributed by atoms with van der Waals surface area (Å²) in [6.45, 7) is 0.317. The number of fused-ring (bicyclic) bond motifs is 1. The Balaban J connectivity index is 1.70. The van der Waals surface area contributed by atoms with Crippen molar-refractivity contribution in [2.24, 2.45) is 0 Å². The van der Waals surface area contributed by atoms with Gasteiger partial charge >= 0.3 is 5.97 Å². The largest absolute Gasteiger partial charge is 0.507 e. The lowest BCUT2D eigenvalue weighted by Crippen LogP contribution is -2.30. The maximum absolute atomic E-state index is 13.1. The number of Topliss-reactive ketones (excluding diaryl/α,β-unsaturated/α-hetero) is 1. The van der Waals surface area contributed by atoms with Crippen LogP contribution in [0.15, 0.2) is 48.0 Å². The Morgan fingerprint density at radius 1 is 1.03 bits per heavy atom. The van der Waals surface area contributed by atoms with Gasteiger partial charge in [-0.05, 0) is 54.8 Å². The average molecular weight is 467 g/mol. The van der Waals surface area contributed by atoms with Crippen LogP contribution in [0, 0.1) is 0 Å². The molecule has 2 N–H and O–H groups in total. The monoisotopic (exact) mass is 467 g/mol. The number of unbranched alkanes of at least 4 members (excludes halogenated alkanes) is 2. The molecular formula is C25H25NO8. The van der Waals surface area contributed by atoms with Crippen LogP contribution in [-0.4, -0.2) is 53.2 Å². The molecule has 0 saturated carbocycles. The van der Waals surface area contributed by atoms with Crippen molar-refractivity contribution in [2.75, 3.05) is 20.4 Å². The van der Waals surface area contributed by atoms with Crippen molar-refractivity contribution in [3.8, 4) is 17.2 Å². The van der Waals surface area contributed by atoms with Gasteiger partial charge in [0, 0.05) is 18.5 Å². The molecule has 34 heavy (non-hydrogen) atoms. The number of benzene rings is 2. The Bertz CT molecular complexity index is 1140. The van der Waals surface area contributed by atoms with Crippen molar-refractivity contribution in [3.05, 3.63) is 59.2 Å². The zero-order valence-electron chi connectivity index (χ0n) is 18.7. The number of carboxylic acids is 1. The number of amides is 1. The van der Waals surface area contributed by atoms with Crippen molar-refractivity contribution in [2.45, 2.75) is 31.7 Å². The van der Waals surface area contributed by atoms with Gasteiger partial charge in [0.25, 0.3) is 11.7 Å². The van der Waals surface area contributed by atoms with Gasteiger partial charge in [0.1, 0.15) is 11.5 Å². The van der Waals surface area contributed by atoms with Crippen LogP contribution in [0.5, 0.6) is 17.2 Å². The van der Waals surface area contributed by atoms with Gasteiger partial charge in [0.15, 0.2) is 11.5 Å². The highest BCUT2D eigenvalue weighted by Crippen LogP contribution is 2.43. The summed E-state index contributed by atoms with van der Waals surface area (Å²) in [5.74, 6) is -1.00. The number of carbonyl (C=O) groups is 3. The molecule has 1 unspecified atom stereocenters. The van der Waals surface area contributed by atoms with Crippen molar-refractivity contribution < 1.29 is 38.8 Å². The van der Waals surface area contributed by atoms with Crippen molar-refractivity contribution in [1.82, 2.24) is 4.90 Å². The van der Waals surface area contributed by atoms with Crippen molar-refractivity contribution >= 4 is 23.4 Å². The predicted molar refractivity (Wildman–Crippen MR) is 121 cm³/mol. The third kappa shape index (κ3) is 4.54. The van der Waals surface area contributed by atoms with E-state index in [2.05, 4.69) is 0 Å². The predicted octanol–water partition coefficient (Wildman–Crippen LogP) is 3.49. The van der Waals surface area contributed by atoms with Gasteiger partial charge in [0.2, 0.25) is 6.79 Å². The molecule has 2 aliphatic heterocycles. The van der Waals surface area contributed by atoms with Gasteiger partial charge < -0.3 is 29.3 Å². The lowest BCUT2D eigenvalue weighted by atomic mass is 9.95. The van der Waals surface area contributed by atoms with E-state index in [9.17, 15) is 19.5 Å². The maximum Gasteiger partial charge on any atom is 0.303 e. The van der Waals surface area contributed by atoms with Gasteiger partial charge in [-0.15, -0.1) is 0 Å². The van der Waals surface area contributed by atoms with Crippen molar-refractivity contribution in [1.29, 1.82) is 0 Å². The molecule has 1 amide bonds. The number of aliphatic hydroxyl groups is 1. The summed E-state index contributed by atoms with van der Waals surface area (Å²) in [6, 6.07) is 10.9. The lowest BCUT2D eigenvalue weighted by molar-refractivity contribution is -0.140. The van der Waals surface area contributed by atoms with Crippen LogP contribution >= 0.6 is 0 Å². The number of hydrogen-bond acceptors (Lipinski definition) is 7. The second-order valence-corrected chi connectivity index (χ2v) is 8.04. The second kappa shape index (κ2) is 9.86. The zero-order valence-corrected chi connectivity index (χ0v) is 18.7. The van der Waals surface area contributed by atoms with Gasteiger partial charge in [-0.3, -0.25) is 14.4 Å². The van der Waals surface area contributed by atoms with E-state index in [0.29, 0.717) is 47.6 Å². The van der Waals surface area contributed by atoms with E-state index >= 15 is 0 Å². The molecule has 2 aliphatic rings. The van der Waals surface area contributed by atoms with Gasteiger partial charge in [-0.1, -0.05) is 12.5 Å². The fourth-order valence-electron chi connectivity index (χ4n) is 4.18. The minimum Gasteiger partial charge on any atom is -0.507 e. The first-order valence-electron chi connectivity index (χ1n) is 10.9. The van der Waals surface area contributed by atoms with Gasteiger partial charge in [0.05, 0.1) is 18.7 Å². The van der Waals surface area contributed by atoms with Crippen LogP contribution < -0.4 is 14.2 Å². The first-order chi connectivity index (χ1) is 16.4. The molecule has 2 heterocycles. The SMILES string of the molecule is COc1ccc(C(O)=C2C(=O)C(=O)N(CCCCCC(=O)O)C2c2ccc3c(c2)OCO3)cc1. The number of carboxylic acid groups (broad SMARTS) is 1. The number of ketones is 1. The standard InChI is InChI=1S/C25H25NO8/c1-32-17-9-6-15(7-10-17)23(29)21-22(16-8-11-18-19(13-16)34-14-33-18)26(25(31)24(21)30)12-4-2-3-5-20(27)28/h6-11,13,22,29H,2-5,12,14H2,1H3,(H,27,28). The summed E-state index contributed by atoms with van der Waals surface area (Å²) in [5, 5.41) is 19.9. The number of aliphatic hydroxyl groups excluding tert-OH is 1. The van der Waals surface area contributed by atoms with E-state index in [0.717, 1.165) is 0 Å². The number of likely N-dealkylation sites (tertiary alicyclic amines) is 1.